The highest BCUT2D eigenvalue weighted by molar-refractivity contribution is 5.85. The van der Waals surface area contributed by atoms with Gasteiger partial charge >= 0.3 is 0 Å². The summed E-state index contributed by atoms with van der Waals surface area (Å²) in [6.45, 7) is 6.13. The van der Waals surface area contributed by atoms with E-state index in [9.17, 15) is 0 Å². The van der Waals surface area contributed by atoms with Gasteiger partial charge in [-0.3, -0.25) is 4.98 Å². The maximum Gasteiger partial charge on any atom is 0.150 e. The summed E-state index contributed by atoms with van der Waals surface area (Å²) < 4.78 is 0. The summed E-state index contributed by atoms with van der Waals surface area (Å²) >= 11 is 0. The molecule has 1 aliphatic rings. The number of nitrogens with one attached hydrogen (secondary N) is 1. The van der Waals surface area contributed by atoms with Crippen LogP contribution in [0.4, 0.5) is 5.82 Å². The van der Waals surface area contributed by atoms with Crippen molar-refractivity contribution in [2.24, 2.45) is 0 Å². The molecule has 5 heteroatoms. The normalized spacial score (nSPS) is 16.2. The maximum absolute atomic E-state index is 4.34. The second-order valence-electron chi connectivity index (χ2n) is 3.20. The molecule has 2 rings (SSSR count). The van der Waals surface area contributed by atoms with Crippen LogP contribution in [0.1, 0.15) is 5.69 Å². The first-order valence-corrected chi connectivity index (χ1v) is 4.61. The number of aromatic nitrogens is 2. The van der Waals surface area contributed by atoms with Crippen molar-refractivity contribution < 1.29 is 0 Å². The van der Waals surface area contributed by atoms with Gasteiger partial charge in [0.15, 0.2) is 0 Å². The minimum Gasteiger partial charge on any atom is -0.353 e. The molecule has 0 bridgehead atoms. The number of hydrogen-bond donors (Lipinski definition) is 1. The first-order valence-electron chi connectivity index (χ1n) is 4.61. The Morgan fingerprint density at radius 3 is 2.50 bits per heavy atom. The van der Waals surface area contributed by atoms with Crippen molar-refractivity contribution in [2.75, 3.05) is 31.1 Å². The lowest BCUT2D eigenvalue weighted by atomic mass is 10.3. The Balaban J connectivity index is 0.000000980. The van der Waals surface area contributed by atoms with Gasteiger partial charge < -0.3 is 10.2 Å². The van der Waals surface area contributed by atoms with Gasteiger partial charge in [0.1, 0.15) is 5.82 Å². The molecular weight excluding hydrogens is 200 g/mol. The number of hydrogen-bond acceptors (Lipinski definition) is 4. The molecule has 0 radical (unpaired) electrons. The Morgan fingerprint density at radius 1 is 1.21 bits per heavy atom. The summed E-state index contributed by atoms with van der Waals surface area (Å²) in [4.78, 5) is 10.8. The van der Waals surface area contributed by atoms with Crippen LogP contribution < -0.4 is 10.2 Å². The monoisotopic (exact) mass is 214 g/mol. The van der Waals surface area contributed by atoms with Crippen LogP contribution in [-0.4, -0.2) is 36.1 Å². The molecule has 1 aromatic rings. The average molecular weight is 215 g/mol. The average Bonchev–Trinajstić information content (AvgIpc) is 2.20. The van der Waals surface area contributed by atoms with E-state index in [1.165, 1.54) is 0 Å². The van der Waals surface area contributed by atoms with Gasteiger partial charge in [0.25, 0.3) is 0 Å². The van der Waals surface area contributed by atoms with E-state index in [2.05, 4.69) is 20.2 Å². The van der Waals surface area contributed by atoms with Gasteiger partial charge in [0, 0.05) is 38.6 Å². The molecule has 0 atom stereocenters. The van der Waals surface area contributed by atoms with Crippen molar-refractivity contribution in [3.8, 4) is 0 Å². The largest absolute Gasteiger partial charge is 0.353 e. The topological polar surface area (TPSA) is 41.1 Å². The molecule has 1 N–H and O–H groups in total. The summed E-state index contributed by atoms with van der Waals surface area (Å²) in [6, 6.07) is 0. The summed E-state index contributed by atoms with van der Waals surface area (Å²) in [7, 11) is 0. The van der Waals surface area contributed by atoms with Crippen LogP contribution in [0.5, 0.6) is 0 Å². The van der Waals surface area contributed by atoms with Gasteiger partial charge in [0.05, 0.1) is 5.69 Å². The SMILES string of the molecule is Cc1nccnc1N1CCNCC1.Cl. The first-order chi connectivity index (χ1) is 6.38. The molecule has 0 saturated carbocycles. The lowest BCUT2D eigenvalue weighted by Gasteiger charge is -2.28. The lowest BCUT2D eigenvalue weighted by Crippen LogP contribution is -2.44. The van der Waals surface area contributed by atoms with Crippen LogP contribution in [-0.2, 0) is 0 Å². The fraction of sp³-hybridized carbons (Fsp3) is 0.556. The molecule has 14 heavy (non-hydrogen) atoms. The summed E-state index contributed by atoms with van der Waals surface area (Å²) in [5.74, 6) is 1.03. The third-order valence-electron chi connectivity index (χ3n) is 2.27. The van der Waals surface area contributed by atoms with E-state index in [0.717, 1.165) is 37.7 Å². The summed E-state index contributed by atoms with van der Waals surface area (Å²) in [6.07, 6.45) is 3.49. The molecule has 0 unspecified atom stereocenters. The Kier molecular flexibility index (Phi) is 4.10. The molecule has 0 aliphatic carbocycles. The van der Waals surface area contributed by atoms with Gasteiger partial charge in [0.2, 0.25) is 0 Å². The van der Waals surface area contributed by atoms with Crippen molar-refractivity contribution >= 4 is 18.2 Å². The van der Waals surface area contributed by atoms with Crippen LogP contribution in [0, 0.1) is 6.92 Å². The van der Waals surface area contributed by atoms with E-state index >= 15 is 0 Å². The predicted octanol–water partition coefficient (Wildman–Crippen LogP) is 0.616. The second-order valence-corrected chi connectivity index (χ2v) is 3.20. The van der Waals surface area contributed by atoms with Gasteiger partial charge in [-0.1, -0.05) is 0 Å². The van der Waals surface area contributed by atoms with E-state index in [1.807, 2.05) is 6.92 Å². The van der Waals surface area contributed by atoms with Crippen LogP contribution in [0.3, 0.4) is 0 Å². The van der Waals surface area contributed by atoms with Crippen LogP contribution >= 0.6 is 12.4 Å². The van der Waals surface area contributed by atoms with Crippen molar-refractivity contribution in [3.05, 3.63) is 18.1 Å². The third-order valence-corrected chi connectivity index (χ3v) is 2.27. The zero-order valence-corrected chi connectivity index (χ0v) is 9.05. The number of rotatable bonds is 1. The van der Waals surface area contributed by atoms with E-state index in [-0.39, 0.29) is 12.4 Å². The number of piperazine rings is 1. The quantitative estimate of drug-likeness (QED) is 0.744. The van der Waals surface area contributed by atoms with Crippen molar-refractivity contribution in [2.45, 2.75) is 6.92 Å². The van der Waals surface area contributed by atoms with E-state index in [1.54, 1.807) is 12.4 Å². The summed E-state index contributed by atoms with van der Waals surface area (Å²) in [5, 5.41) is 3.31. The zero-order valence-electron chi connectivity index (χ0n) is 8.23. The molecule has 1 saturated heterocycles. The fourth-order valence-corrected chi connectivity index (χ4v) is 1.59. The predicted molar refractivity (Wildman–Crippen MR) is 59.1 cm³/mol. The zero-order chi connectivity index (χ0) is 9.10. The molecule has 1 aromatic heterocycles. The number of anilines is 1. The standard InChI is InChI=1S/C9H14N4.ClH/c1-8-9(12-3-2-11-8)13-6-4-10-5-7-13;/h2-3,10H,4-7H2,1H3;1H. The molecule has 4 nitrogen and oxygen atoms in total. The van der Waals surface area contributed by atoms with Crippen molar-refractivity contribution in [1.82, 2.24) is 15.3 Å². The minimum absolute atomic E-state index is 0. The second kappa shape index (κ2) is 5.12. The Labute approximate surface area is 90.2 Å². The molecule has 0 amide bonds. The Morgan fingerprint density at radius 2 is 1.86 bits per heavy atom. The molecule has 0 spiro atoms. The Bertz CT molecular complexity index is 286. The first kappa shape index (κ1) is 11.2. The highest BCUT2D eigenvalue weighted by Crippen LogP contribution is 2.13. The van der Waals surface area contributed by atoms with Gasteiger partial charge in [-0.25, -0.2) is 4.98 Å². The molecule has 0 aromatic carbocycles. The fourth-order valence-electron chi connectivity index (χ4n) is 1.59. The molecule has 2 heterocycles. The highest BCUT2D eigenvalue weighted by Gasteiger charge is 2.13. The maximum atomic E-state index is 4.34. The number of nitrogens with zero attached hydrogens (tertiary/aromatic N) is 3. The number of halogens is 1. The third kappa shape index (κ3) is 2.33. The van der Waals surface area contributed by atoms with E-state index in [4.69, 9.17) is 0 Å². The van der Waals surface area contributed by atoms with Crippen LogP contribution in [0.25, 0.3) is 0 Å². The smallest absolute Gasteiger partial charge is 0.150 e. The molecule has 1 aliphatic heterocycles. The van der Waals surface area contributed by atoms with Gasteiger partial charge in [-0.15, -0.1) is 12.4 Å². The molecule has 1 fully saturated rings. The van der Waals surface area contributed by atoms with Crippen molar-refractivity contribution in [3.63, 3.8) is 0 Å². The summed E-state index contributed by atoms with van der Waals surface area (Å²) in [5.41, 5.74) is 1.02. The molecular formula is C9H15ClN4. The van der Waals surface area contributed by atoms with E-state index in [0.29, 0.717) is 0 Å². The molecule has 78 valence electrons. The lowest BCUT2D eigenvalue weighted by molar-refractivity contribution is 0.583. The number of aryl methyl sites for hydroxylation is 1. The highest BCUT2D eigenvalue weighted by atomic mass is 35.5. The van der Waals surface area contributed by atoms with Gasteiger partial charge in [-0.2, -0.15) is 0 Å². The van der Waals surface area contributed by atoms with Crippen LogP contribution in [0.2, 0.25) is 0 Å². The van der Waals surface area contributed by atoms with Crippen molar-refractivity contribution in [1.29, 1.82) is 0 Å². The minimum atomic E-state index is 0. The van der Waals surface area contributed by atoms with Gasteiger partial charge in [-0.05, 0) is 6.92 Å². The van der Waals surface area contributed by atoms with E-state index < -0.39 is 0 Å². The van der Waals surface area contributed by atoms with Crippen LogP contribution in [0.15, 0.2) is 12.4 Å². The Hall–Kier alpha value is -0.870.